The van der Waals surface area contributed by atoms with Gasteiger partial charge < -0.3 is 9.55 Å². The van der Waals surface area contributed by atoms with Gasteiger partial charge in [0.2, 0.25) is 0 Å². The zero-order valence-electron chi connectivity index (χ0n) is 10.8. The Morgan fingerprint density at radius 1 is 1.47 bits per heavy atom. The second-order valence-corrected chi connectivity index (χ2v) is 7.10. The quantitative estimate of drug-likeness (QED) is 0.574. The highest BCUT2D eigenvalue weighted by molar-refractivity contribution is 14.1. The van der Waals surface area contributed by atoms with Crippen LogP contribution < -0.4 is 0 Å². The van der Waals surface area contributed by atoms with E-state index in [4.69, 9.17) is 12.2 Å². The lowest BCUT2D eigenvalue weighted by Crippen LogP contribution is -2.11. The SMILES string of the molecule is CCCC1(Cn2c(=S)[nH]c3cc(I)c(F)cc32)CC1. The number of rotatable bonds is 4. The molecule has 1 aliphatic rings. The molecule has 3 rings (SSSR count). The maximum absolute atomic E-state index is 13.8. The predicted molar refractivity (Wildman–Crippen MR) is 86.4 cm³/mol. The highest BCUT2D eigenvalue weighted by atomic mass is 127. The number of nitrogens with one attached hydrogen (secondary N) is 1. The maximum atomic E-state index is 13.8. The fourth-order valence-corrected chi connectivity index (χ4v) is 3.58. The van der Waals surface area contributed by atoms with Crippen molar-refractivity contribution >= 4 is 45.8 Å². The number of aromatic amines is 1. The van der Waals surface area contributed by atoms with Gasteiger partial charge in [-0.15, -0.1) is 0 Å². The van der Waals surface area contributed by atoms with Crippen molar-refractivity contribution in [2.75, 3.05) is 0 Å². The molecule has 0 saturated heterocycles. The van der Waals surface area contributed by atoms with E-state index in [0.29, 0.717) is 13.8 Å². The lowest BCUT2D eigenvalue weighted by atomic mass is 10.0. The second-order valence-electron chi connectivity index (χ2n) is 5.55. The summed E-state index contributed by atoms with van der Waals surface area (Å²) in [7, 11) is 0. The first-order valence-corrected chi connectivity index (χ1v) is 8.11. The summed E-state index contributed by atoms with van der Waals surface area (Å²) >= 11 is 7.41. The van der Waals surface area contributed by atoms with E-state index in [1.807, 2.05) is 28.7 Å². The Balaban J connectivity index is 2.06. The Morgan fingerprint density at radius 3 is 2.84 bits per heavy atom. The third-order valence-electron chi connectivity index (χ3n) is 4.05. The van der Waals surface area contributed by atoms with Gasteiger partial charge >= 0.3 is 0 Å². The average molecular weight is 390 g/mol. The summed E-state index contributed by atoms with van der Waals surface area (Å²) in [5.74, 6) is -0.170. The fraction of sp³-hybridized carbons (Fsp3) is 0.500. The van der Waals surface area contributed by atoms with Crippen molar-refractivity contribution in [1.82, 2.24) is 9.55 Å². The number of hydrogen-bond acceptors (Lipinski definition) is 1. The number of benzene rings is 1. The first-order valence-electron chi connectivity index (χ1n) is 6.62. The number of halogens is 2. The summed E-state index contributed by atoms with van der Waals surface area (Å²) in [6.45, 7) is 3.14. The molecule has 2 nitrogen and oxygen atoms in total. The normalized spacial score (nSPS) is 17.0. The van der Waals surface area contributed by atoms with E-state index in [-0.39, 0.29) is 5.82 Å². The molecule has 2 aromatic rings. The van der Waals surface area contributed by atoms with E-state index < -0.39 is 0 Å². The molecule has 0 spiro atoms. The van der Waals surface area contributed by atoms with Crippen LogP contribution in [-0.2, 0) is 6.54 Å². The molecule has 5 heteroatoms. The van der Waals surface area contributed by atoms with Gasteiger partial charge in [-0.25, -0.2) is 4.39 Å². The fourth-order valence-electron chi connectivity index (χ4n) is 2.84. The molecule has 0 bridgehead atoms. The van der Waals surface area contributed by atoms with Crippen LogP contribution in [0.3, 0.4) is 0 Å². The van der Waals surface area contributed by atoms with Gasteiger partial charge in [-0.05, 0) is 65.6 Å². The molecular formula is C14H16FIN2S. The first-order chi connectivity index (χ1) is 9.04. The van der Waals surface area contributed by atoms with Gasteiger partial charge in [0, 0.05) is 12.6 Å². The van der Waals surface area contributed by atoms with Crippen LogP contribution in [0.5, 0.6) is 0 Å². The number of H-pyrrole nitrogens is 1. The molecule has 1 aromatic carbocycles. The molecule has 1 fully saturated rings. The van der Waals surface area contributed by atoms with Crippen molar-refractivity contribution in [3.05, 3.63) is 26.3 Å². The minimum atomic E-state index is -0.170. The number of imidazole rings is 1. The summed E-state index contributed by atoms with van der Waals surface area (Å²) < 4.78 is 17.2. The van der Waals surface area contributed by atoms with Gasteiger partial charge in [-0.2, -0.15) is 0 Å². The van der Waals surface area contributed by atoms with Gasteiger partial charge in [-0.1, -0.05) is 13.3 Å². The van der Waals surface area contributed by atoms with E-state index in [2.05, 4.69) is 16.5 Å². The Labute approximate surface area is 130 Å². The summed E-state index contributed by atoms with van der Waals surface area (Å²) in [5, 5.41) is 0. The molecule has 102 valence electrons. The van der Waals surface area contributed by atoms with Crippen molar-refractivity contribution < 1.29 is 4.39 Å². The van der Waals surface area contributed by atoms with Crippen LogP contribution in [0.4, 0.5) is 4.39 Å². The van der Waals surface area contributed by atoms with Gasteiger partial charge in [0.25, 0.3) is 0 Å². The van der Waals surface area contributed by atoms with Gasteiger partial charge in [0.05, 0.1) is 14.6 Å². The third kappa shape index (κ3) is 2.46. The van der Waals surface area contributed by atoms with Crippen LogP contribution >= 0.6 is 34.8 Å². The van der Waals surface area contributed by atoms with E-state index in [9.17, 15) is 4.39 Å². The van der Waals surface area contributed by atoms with E-state index >= 15 is 0 Å². The van der Waals surface area contributed by atoms with Crippen molar-refractivity contribution in [3.63, 3.8) is 0 Å². The second kappa shape index (κ2) is 4.84. The maximum Gasteiger partial charge on any atom is 0.178 e. The molecule has 1 aliphatic carbocycles. The van der Waals surface area contributed by atoms with E-state index in [0.717, 1.165) is 17.6 Å². The van der Waals surface area contributed by atoms with Gasteiger partial charge in [-0.3, -0.25) is 0 Å². The molecule has 1 saturated carbocycles. The van der Waals surface area contributed by atoms with Crippen molar-refractivity contribution in [3.8, 4) is 0 Å². The minimum Gasteiger partial charge on any atom is -0.331 e. The lowest BCUT2D eigenvalue weighted by Gasteiger charge is -2.15. The number of fused-ring (bicyclic) bond motifs is 1. The van der Waals surface area contributed by atoms with Crippen LogP contribution in [0.15, 0.2) is 12.1 Å². The smallest absolute Gasteiger partial charge is 0.178 e. The summed E-state index contributed by atoms with van der Waals surface area (Å²) in [5.41, 5.74) is 2.23. The minimum absolute atomic E-state index is 0.170. The molecule has 0 atom stereocenters. The molecule has 0 aliphatic heterocycles. The summed E-state index contributed by atoms with van der Waals surface area (Å²) in [6.07, 6.45) is 4.96. The van der Waals surface area contributed by atoms with Crippen molar-refractivity contribution in [2.24, 2.45) is 5.41 Å². The molecule has 1 N–H and O–H groups in total. The van der Waals surface area contributed by atoms with Crippen molar-refractivity contribution in [1.29, 1.82) is 0 Å². The zero-order chi connectivity index (χ0) is 13.6. The van der Waals surface area contributed by atoms with Crippen molar-refractivity contribution in [2.45, 2.75) is 39.2 Å². The summed E-state index contributed by atoms with van der Waals surface area (Å²) in [4.78, 5) is 3.19. The van der Waals surface area contributed by atoms with Gasteiger partial charge in [0.1, 0.15) is 5.82 Å². The number of nitrogens with zero attached hydrogens (tertiary/aromatic N) is 1. The Morgan fingerprint density at radius 2 is 2.21 bits per heavy atom. The third-order valence-corrected chi connectivity index (χ3v) is 5.20. The Kier molecular flexibility index (Phi) is 3.45. The molecule has 1 heterocycles. The largest absolute Gasteiger partial charge is 0.331 e. The van der Waals surface area contributed by atoms with Crippen LogP contribution in [0.25, 0.3) is 11.0 Å². The molecule has 0 unspecified atom stereocenters. The Hall–Kier alpha value is -0.430. The van der Waals surface area contributed by atoms with E-state index in [1.54, 1.807) is 6.07 Å². The topological polar surface area (TPSA) is 20.7 Å². The molecular weight excluding hydrogens is 374 g/mol. The van der Waals surface area contributed by atoms with Gasteiger partial charge in [0.15, 0.2) is 4.77 Å². The molecule has 0 radical (unpaired) electrons. The molecule has 19 heavy (non-hydrogen) atoms. The molecule has 1 aromatic heterocycles. The highest BCUT2D eigenvalue weighted by Crippen LogP contribution is 2.51. The monoisotopic (exact) mass is 390 g/mol. The highest BCUT2D eigenvalue weighted by Gasteiger charge is 2.42. The zero-order valence-corrected chi connectivity index (χ0v) is 13.8. The first kappa shape index (κ1) is 13.5. The lowest BCUT2D eigenvalue weighted by molar-refractivity contribution is 0.391. The average Bonchev–Trinajstić information content (AvgIpc) is 3.05. The van der Waals surface area contributed by atoms with Crippen LogP contribution in [0, 0.1) is 19.6 Å². The standard InChI is InChI=1S/C14H16FIN2S/c1-2-3-14(4-5-14)8-18-12-6-9(15)10(16)7-11(12)17-13(18)19/h6-7H,2-5,8H2,1H3,(H,17,19). The molecule has 0 amide bonds. The van der Waals surface area contributed by atoms with E-state index in [1.165, 1.54) is 25.7 Å². The van der Waals surface area contributed by atoms with Crippen LogP contribution in [-0.4, -0.2) is 9.55 Å². The van der Waals surface area contributed by atoms with Crippen LogP contribution in [0.2, 0.25) is 0 Å². The predicted octanol–water partition coefficient (Wildman–Crippen LogP) is 5.02. The van der Waals surface area contributed by atoms with Crippen LogP contribution in [0.1, 0.15) is 32.6 Å². The number of hydrogen-bond donors (Lipinski definition) is 1. The number of aromatic nitrogens is 2. The Bertz CT molecular complexity index is 685. The summed E-state index contributed by atoms with van der Waals surface area (Å²) in [6, 6.07) is 3.43.